The lowest BCUT2D eigenvalue weighted by molar-refractivity contribution is 0.276. The van der Waals surface area contributed by atoms with Crippen LogP contribution in [0.15, 0.2) is 29.3 Å². The van der Waals surface area contributed by atoms with Gasteiger partial charge in [0.1, 0.15) is 0 Å². The van der Waals surface area contributed by atoms with Gasteiger partial charge in [0, 0.05) is 26.2 Å². The molecule has 0 aromatic heterocycles. The van der Waals surface area contributed by atoms with Crippen molar-refractivity contribution in [2.24, 2.45) is 4.99 Å². The van der Waals surface area contributed by atoms with Gasteiger partial charge >= 0.3 is 0 Å². The van der Waals surface area contributed by atoms with E-state index in [0.29, 0.717) is 19.6 Å². The van der Waals surface area contributed by atoms with Gasteiger partial charge in [-0.25, -0.2) is 13.4 Å². The van der Waals surface area contributed by atoms with Crippen LogP contribution in [-0.2, 0) is 22.9 Å². The van der Waals surface area contributed by atoms with E-state index in [2.05, 4.69) is 46.3 Å². The van der Waals surface area contributed by atoms with Gasteiger partial charge in [0.15, 0.2) is 15.8 Å². The van der Waals surface area contributed by atoms with Crippen LogP contribution in [-0.4, -0.2) is 67.4 Å². The summed E-state index contributed by atoms with van der Waals surface area (Å²) in [6, 6.07) is 8.59. The summed E-state index contributed by atoms with van der Waals surface area (Å²) in [5.74, 6) is 0.987. The lowest BCUT2D eigenvalue weighted by atomic mass is 10.1. The van der Waals surface area contributed by atoms with Crippen LogP contribution in [0.3, 0.4) is 0 Å². The molecule has 0 amide bonds. The van der Waals surface area contributed by atoms with E-state index in [0.717, 1.165) is 19.0 Å². The zero-order valence-electron chi connectivity index (χ0n) is 19.3. The molecule has 0 atom stereocenters. The number of rotatable bonds is 5. The Morgan fingerprint density at radius 2 is 1.71 bits per heavy atom. The van der Waals surface area contributed by atoms with Crippen molar-refractivity contribution in [2.45, 2.75) is 64.3 Å². The lowest BCUT2D eigenvalue weighted by Crippen LogP contribution is -2.57. The van der Waals surface area contributed by atoms with Crippen molar-refractivity contribution in [2.75, 3.05) is 38.5 Å². The number of guanidine groups is 1. The van der Waals surface area contributed by atoms with Gasteiger partial charge in [0.25, 0.3) is 0 Å². The second kappa shape index (κ2) is 11.8. The molecule has 2 heterocycles. The molecule has 2 saturated heterocycles. The van der Waals surface area contributed by atoms with Crippen LogP contribution in [0.5, 0.6) is 0 Å². The molecule has 2 aliphatic heterocycles. The Morgan fingerprint density at radius 3 is 2.32 bits per heavy atom. The first-order chi connectivity index (χ1) is 14.3. The number of sulfone groups is 1. The number of likely N-dealkylation sites (tertiary alicyclic amines) is 1. The van der Waals surface area contributed by atoms with Crippen molar-refractivity contribution < 1.29 is 8.42 Å². The molecule has 2 fully saturated rings. The van der Waals surface area contributed by atoms with Crippen LogP contribution in [0.1, 0.15) is 57.6 Å². The van der Waals surface area contributed by atoms with Gasteiger partial charge < -0.3 is 10.2 Å². The summed E-state index contributed by atoms with van der Waals surface area (Å²) in [4.78, 5) is 9.58. The van der Waals surface area contributed by atoms with E-state index in [-0.39, 0.29) is 29.7 Å². The van der Waals surface area contributed by atoms with Gasteiger partial charge in [0.2, 0.25) is 0 Å². The maximum Gasteiger partial charge on any atom is 0.194 e. The van der Waals surface area contributed by atoms with E-state index in [1.807, 2.05) is 13.8 Å². The molecule has 1 aromatic carbocycles. The fourth-order valence-corrected chi connectivity index (χ4v) is 5.68. The molecule has 1 N–H and O–H groups in total. The molecule has 0 bridgehead atoms. The quantitative estimate of drug-likeness (QED) is 0.337. The van der Waals surface area contributed by atoms with Crippen LogP contribution in [0.25, 0.3) is 0 Å². The number of hydrogen-bond donors (Lipinski definition) is 1. The van der Waals surface area contributed by atoms with Crippen LogP contribution >= 0.6 is 24.0 Å². The van der Waals surface area contributed by atoms with Crippen LogP contribution in [0.4, 0.5) is 0 Å². The summed E-state index contributed by atoms with van der Waals surface area (Å²) in [7, 11) is -3.07. The minimum absolute atomic E-state index is 0. The summed E-state index contributed by atoms with van der Waals surface area (Å²) >= 11 is 0. The van der Waals surface area contributed by atoms with E-state index in [1.54, 1.807) is 0 Å². The molecule has 31 heavy (non-hydrogen) atoms. The smallest absolute Gasteiger partial charge is 0.194 e. The summed E-state index contributed by atoms with van der Waals surface area (Å²) in [6.07, 6.45) is 5.27. The van der Waals surface area contributed by atoms with Gasteiger partial charge in [-0.2, -0.15) is 0 Å². The molecule has 3 rings (SSSR count). The molecule has 0 saturated carbocycles. The Labute approximate surface area is 205 Å². The van der Waals surface area contributed by atoms with Crippen LogP contribution in [0.2, 0.25) is 0 Å². The first kappa shape index (κ1) is 26.4. The molecule has 0 radical (unpaired) electrons. The molecule has 0 aliphatic carbocycles. The maximum absolute atomic E-state index is 12.4. The number of nitrogens with one attached hydrogen (secondary N) is 1. The Hall–Kier alpha value is -0.870. The van der Waals surface area contributed by atoms with E-state index in [4.69, 9.17) is 4.99 Å². The SMILES string of the molecule is CCNC(=NCc1ccccc1CN1CCCCCC1)N1CCS(=O)(=O)C(C)(C)C1.I. The topological polar surface area (TPSA) is 65.0 Å². The van der Waals surface area contributed by atoms with Gasteiger partial charge in [-0.3, -0.25) is 4.90 Å². The van der Waals surface area contributed by atoms with Crippen molar-refractivity contribution >= 4 is 39.8 Å². The third kappa shape index (κ3) is 7.05. The van der Waals surface area contributed by atoms with E-state index >= 15 is 0 Å². The molecule has 0 spiro atoms. The highest BCUT2D eigenvalue weighted by Crippen LogP contribution is 2.24. The molecule has 8 heteroatoms. The van der Waals surface area contributed by atoms with Gasteiger partial charge in [-0.1, -0.05) is 37.1 Å². The molecule has 0 unspecified atom stereocenters. The monoisotopic (exact) mass is 562 g/mol. The highest BCUT2D eigenvalue weighted by atomic mass is 127. The number of nitrogens with zero attached hydrogens (tertiary/aromatic N) is 3. The Kier molecular flexibility index (Phi) is 10.1. The first-order valence-electron chi connectivity index (χ1n) is 11.4. The highest BCUT2D eigenvalue weighted by molar-refractivity contribution is 14.0. The zero-order valence-corrected chi connectivity index (χ0v) is 22.4. The standard InChI is InChI=1S/C23H38N4O2S.HI/c1-4-24-22(27-15-16-30(28,29)23(2,3)19-27)25-17-20-11-7-8-12-21(20)18-26-13-9-5-6-10-14-26;/h7-8,11-12H,4-6,9-10,13-19H2,1-3H3,(H,24,25);1H. The van der Waals surface area contributed by atoms with E-state index < -0.39 is 14.6 Å². The molecular weight excluding hydrogens is 523 g/mol. The number of benzene rings is 1. The largest absolute Gasteiger partial charge is 0.357 e. The zero-order chi connectivity index (χ0) is 21.6. The second-order valence-electron chi connectivity index (χ2n) is 9.13. The van der Waals surface area contributed by atoms with Crippen molar-refractivity contribution in [3.8, 4) is 0 Å². The third-order valence-corrected chi connectivity index (χ3v) is 8.82. The minimum atomic E-state index is -3.07. The minimum Gasteiger partial charge on any atom is -0.357 e. The molecular formula is C23H39IN4O2S. The second-order valence-corrected chi connectivity index (χ2v) is 11.9. The van der Waals surface area contributed by atoms with E-state index in [1.165, 1.54) is 49.9 Å². The van der Waals surface area contributed by atoms with Crippen molar-refractivity contribution in [1.29, 1.82) is 0 Å². The molecule has 176 valence electrons. The van der Waals surface area contributed by atoms with E-state index in [9.17, 15) is 8.42 Å². The van der Waals surface area contributed by atoms with Crippen molar-refractivity contribution in [1.82, 2.24) is 15.1 Å². The van der Waals surface area contributed by atoms with Crippen LogP contribution < -0.4 is 5.32 Å². The predicted octanol–water partition coefficient (Wildman–Crippen LogP) is 3.66. The Balaban J connectivity index is 0.00000341. The first-order valence-corrected chi connectivity index (χ1v) is 13.0. The predicted molar refractivity (Wildman–Crippen MR) is 140 cm³/mol. The summed E-state index contributed by atoms with van der Waals surface area (Å²) in [5.41, 5.74) is 2.60. The fraction of sp³-hybridized carbons (Fsp3) is 0.696. The average Bonchev–Trinajstić information content (AvgIpc) is 2.97. The Morgan fingerprint density at radius 1 is 1.06 bits per heavy atom. The maximum atomic E-state index is 12.4. The molecule has 2 aliphatic rings. The summed E-state index contributed by atoms with van der Waals surface area (Å²) < 4.78 is 24.0. The normalized spacial score (nSPS) is 21.8. The number of hydrogen-bond acceptors (Lipinski definition) is 4. The lowest BCUT2D eigenvalue weighted by Gasteiger charge is -2.39. The van der Waals surface area contributed by atoms with Gasteiger partial charge in [-0.15, -0.1) is 24.0 Å². The Bertz CT molecular complexity index is 834. The third-order valence-electron chi connectivity index (χ3n) is 6.29. The van der Waals surface area contributed by atoms with Gasteiger partial charge in [-0.05, 0) is 57.8 Å². The number of halogens is 1. The molecule has 1 aromatic rings. The summed E-state index contributed by atoms with van der Waals surface area (Å²) in [5, 5.41) is 3.37. The van der Waals surface area contributed by atoms with Gasteiger partial charge in [0.05, 0.1) is 17.0 Å². The number of aliphatic imine (C=N–C) groups is 1. The average molecular weight is 563 g/mol. The van der Waals surface area contributed by atoms with Crippen molar-refractivity contribution in [3.05, 3.63) is 35.4 Å². The highest BCUT2D eigenvalue weighted by Gasteiger charge is 2.40. The van der Waals surface area contributed by atoms with Crippen molar-refractivity contribution in [3.63, 3.8) is 0 Å². The summed E-state index contributed by atoms with van der Waals surface area (Å²) in [6.45, 7) is 11.3. The molecule has 6 nitrogen and oxygen atoms in total. The van der Waals surface area contributed by atoms with Crippen LogP contribution in [0, 0.1) is 0 Å². The fourth-order valence-electron chi connectivity index (χ4n) is 4.31.